The van der Waals surface area contributed by atoms with Crippen LogP contribution in [0.4, 0.5) is 0 Å². The fourth-order valence-electron chi connectivity index (χ4n) is 3.46. The van der Waals surface area contributed by atoms with Crippen LogP contribution >= 0.6 is 0 Å². The van der Waals surface area contributed by atoms with E-state index >= 15 is 0 Å². The Balaban J connectivity index is 1.73. The number of hydrogen-bond donors (Lipinski definition) is 0. The lowest BCUT2D eigenvalue weighted by Crippen LogP contribution is -2.44. The summed E-state index contributed by atoms with van der Waals surface area (Å²) in [6, 6.07) is 2.08. The summed E-state index contributed by atoms with van der Waals surface area (Å²) >= 11 is 0. The maximum absolute atomic E-state index is 12.0. The smallest absolute Gasteiger partial charge is 0.236 e. The Labute approximate surface area is 116 Å². The normalized spacial score (nSPS) is 22.3. The van der Waals surface area contributed by atoms with Crippen LogP contribution in [0.1, 0.15) is 44.9 Å². The van der Waals surface area contributed by atoms with Gasteiger partial charge in [-0.05, 0) is 44.2 Å². The predicted molar refractivity (Wildman–Crippen MR) is 74.4 cm³/mol. The molecule has 1 amide bonds. The van der Waals surface area contributed by atoms with E-state index in [0.29, 0.717) is 24.9 Å². The lowest BCUT2D eigenvalue weighted by Gasteiger charge is -2.39. The van der Waals surface area contributed by atoms with Crippen LogP contribution in [0.15, 0.2) is 0 Å². The van der Waals surface area contributed by atoms with Gasteiger partial charge in [-0.15, -0.1) is 0 Å². The third kappa shape index (κ3) is 3.70. The van der Waals surface area contributed by atoms with Gasteiger partial charge >= 0.3 is 0 Å². The Morgan fingerprint density at radius 2 is 1.89 bits per heavy atom. The second kappa shape index (κ2) is 6.38. The van der Waals surface area contributed by atoms with Gasteiger partial charge in [0.15, 0.2) is 0 Å². The standard InChI is InChI=1S/C15H25N3O/c1-17(10-4-9-16)14(19)13-18-11-7-15(8-12-18)5-2-3-6-15/h2-8,10-13H2,1H3. The molecule has 0 radical (unpaired) electrons. The zero-order valence-corrected chi connectivity index (χ0v) is 12.0. The van der Waals surface area contributed by atoms with Crippen LogP contribution in [0.5, 0.6) is 0 Å². The number of carbonyl (C=O) groups excluding carboxylic acids is 1. The van der Waals surface area contributed by atoms with Crippen molar-refractivity contribution in [1.29, 1.82) is 5.26 Å². The van der Waals surface area contributed by atoms with Crippen molar-refractivity contribution in [1.82, 2.24) is 9.80 Å². The van der Waals surface area contributed by atoms with Crippen LogP contribution in [-0.2, 0) is 4.79 Å². The largest absolute Gasteiger partial charge is 0.344 e. The first-order valence-electron chi connectivity index (χ1n) is 7.48. The van der Waals surface area contributed by atoms with Crippen LogP contribution in [0.3, 0.4) is 0 Å². The Kier molecular flexibility index (Phi) is 4.81. The lowest BCUT2D eigenvalue weighted by molar-refractivity contribution is -0.131. The van der Waals surface area contributed by atoms with Crippen molar-refractivity contribution in [2.45, 2.75) is 44.9 Å². The van der Waals surface area contributed by atoms with E-state index in [-0.39, 0.29) is 5.91 Å². The van der Waals surface area contributed by atoms with Crippen molar-refractivity contribution in [3.05, 3.63) is 0 Å². The molecule has 19 heavy (non-hydrogen) atoms. The van der Waals surface area contributed by atoms with E-state index in [4.69, 9.17) is 5.26 Å². The van der Waals surface area contributed by atoms with Crippen molar-refractivity contribution < 1.29 is 4.79 Å². The molecular formula is C15H25N3O. The Bertz CT molecular complexity index is 345. The molecule has 0 bridgehead atoms. The molecule has 0 N–H and O–H groups in total. The minimum Gasteiger partial charge on any atom is -0.344 e. The second-order valence-electron chi connectivity index (χ2n) is 6.21. The van der Waals surface area contributed by atoms with E-state index in [1.54, 1.807) is 11.9 Å². The molecule has 0 aromatic rings. The first-order chi connectivity index (χ1) is 9.15. The van der Waals surface area contributed by atoms with E-state index in [2.05, 4.69) is 11.0 Å². The zero-order valence-electron chi connectivity index (χ0n) is 12.0. The van der Waals surface area contributed by atoms with Crippen molar-refractivity contribution in [2.75, 3.05) is 33.2 Å². The van der Waals surface area contributed by atoms with Gasteiger partial charge in [0, 0.05) is 13.6 Å². The molecule has 2 fully saturated rings. The minimum atomic E-state index is 0.151. The highest BCUT2D eigenvalue weighted by Gasteiger charge is 2.37. The summed E-state index contributed by atoms with van der Waals surface area (Å²) in [7, 11) is 1.79. The average molecular weight is 263 g/mol. The van der Waals surface area contributed by atoms with E-state index < -0.39 is 0 Å². The SMILES string of the molecule is CN(CCC#N)C(=O)CN1CCC2(CCCC2)CC1. The number of amides is 1. The molecular weight excluding hydrogens is 238 g/mol. The number of piperidine rings is 1. The van der Waals surface area contributed by atoms with Crippen LogP contribution in [0, 0.1) is 16.7 Å². The zero-order chi connectivity index (χ0) is 13.7. The van der Waals surface area contributed by atoms with Gasteiger partial charge < -0.3 is 4.90 Å². The highest BCUT2D eigenvalue weighted by molar-refractivity contribution is 5.78. The highest BCUT2D eigenvalue weighted by Crippen LogP contribution is 2.45. The number of carbonyl (C=O) groups is 1. The maximum Gasteiger partial charge on any atom is 0.236 e. The number of nitriles is 1. The molecule has 106 valence electrons. The van der Waals surface area contributed by atoms with Gasteiger partial charge in [-0.2, -0.15) is 5.26 Å². The van der Waals surface area contributed by atoms with Crippen LogP contribution in [0.2, 0.25) is 0 Å². The van der Waals surface area contributed by atoms with Gasteiger partial charge in [-0.1, -0.05) is 12.8 Å². The van der Waals surface area contributed by atoms with Crippen molar-refractivity contribution in [3.8, 4) is 6.07 Å². The summed E-state index contributed by atoms with van der Waals surface area (Å²) < 4.78 is 0. The quantitative estimate of drug-likeness (QED) is 0.779. The summed E-state index contributed by atoms with van der Waals surface area (Å²) in [6.07, 6.45) is 8.55. The van der Waals surface area contributed by atoms with Gasteiger partial charge in [-0.25, -0.2) is 0 Å². The van der Waals surface area contributed by atoms with E-state index in [1.165, 1.54) is 38.5 Å². The van der Waals surface area contributed by atoms with Crippen LogP contribution < -0.4 is 0 Å². The third-order valence-electron chi connectivity index (χ3n) is 4.92. The first kappa shape index (κ1) is 14.3. The molecule has 0 atom stereocenters. The predicted octanol–water partition coefficient (Wildman–Crippen LogP) is 2.01. The lowest BCUT2D eigenvalue weighted by atomic mass is 9.77. The highest BCUT2D eigenvalue weighted by atomic mass is 16.2. The Morgan fingerprint density at radius 3 is 2.47 bits per heavy atom. The van der Waals surface area contributed by atoms with Crippen molar-refractivity contribution in [2.24, 2.45) is 5.41 Å². The number of nitrogens with zero attached hydrogens (tertiary/aromatic N) is 3. The molecule has 0 aromatic carbocycles. The molecule has 1 spiro atoms. The summed E-state index contributed by atoms with van der Waals surface area (Å²) in [5.74, 6) is 0.151. The number of rotatable bonds is 4. The van der Waals surface area contributed by atoms with E-state index in [9.17, 15) is 4.79 Å². The third-order valence-corrected chi connectivity index (χ3v) is 4.92. The molecule has 0 aromatic heterocycles. The average Bonchev–Trinajstić information content (AvgIpc) is 2.87. The summed E-state index contributed by atoms with van der Waals surface area (Å²) in [5, 5.41) is 8.54. The van der Waals surface area contributed by atoms with Gasteiger partial charge in [0.05, 0.1) is 19.0 Å². The molecule has 1 saturated carbocycles. The molecule has 1 heterocycles. The number of hydrogen-bond acceptors (Lipinski definition) is 3. The second-order valence-corrected chi connectivity index (χ2v) is 6.21. The van der Waals surface area contributed by atoms with Crippen molar-refractivity contribution in [3.63, 3.8) is 0 Å². The molecule has 4 nitrogen and oxygen atoms in total. The summed E-state index contributed by atoms with van der Waals surface area (Å²) in [5.41, 5.74) is 0.617. The summed E-state index contributed by atoms with van der Waals surface area (Å²) in [4.78, 5) is 16.0. The molecule has 2 rings (SSSR count). The van der Waals surface area contributed by atoms with Crippen LogP contribution in [-0.4, -0.2) is 48.9 Å². The van der Waals surface area contributed by atoms with Gasteiger partial charge in [0.1, 0.15) is 0 Å². The fourth-order valence-corrected chi connectivity index (χ4v) is 3.46. The molecule has 1 aliphatic heterocycles. The first-order valence-corrected chi connectivity index (χ1v) is 7.48. The van der Waals surface area contributed by atoms with E-state index in [0.717, 1.165) is 13.1 Å². The Hall–Kier alpha value is -1.08. The van der Waals surface area contributed by atoms with Gasteiger partial charge in [0.25, 0.3) is 0 Å². The Morgan fingerprint density at radius 1 is 1.26 bits per heavy atom. The minimum absolute atomic E-state index is 0.151. The van der Waals surface area contributed by atoms with E-state index in [1.807, 2.05) is 0 Å². The van der Waals surface area contributed by atoms with Gasteiger partial charge in [0.2, 0.25) is 5.91 Å². The fraction of sp³-hybridized carbons (Fsp3) is 0.867. The number of likely N-dealkylation sites (N-methyl/N-ethyl adjacent to an activating group) is 1. The maximum atomic E-state index is 12.0. The monoisotopic (exact) mass is 263 g/mol. The molecule has 2 aliphatic rings. The topological polar surface area (TPSA) is 47.3 Å². The molecule has 4 heteroatoms. The molecule has 1 aliphatic carbocycles. The summed E-state index contributed by atoms with van der Waals surface area (Å²) in [6.45, 7) is 3.21. The molecule has 1 saturated heterocycles. The van der Waals surface area contributed by atoms with Gasteiger partial charge in [-0.3, -0.25) is 9.69 Å². The number of likely N-dealkylation sites (tertiary alicyclic amines) is 1. The van der Waals surface area contributed by atoms with Crippen LogP contribution in [0.25, 0.3) is 0 Å². The van der Waals surface area contributed by atoms with Crippen molar-refractivity contribution >= 4 is 5.91 Å². The molecule has 0 unspecified atom stereocenters.